The number of piperazine rings is 1. The fourth-order valence-corrected chi connectivity index (χ4v) is 2.90. The molecule has 0 radical (unpaired) electrons. The highest BCUT2D eigenvalue weighted by atomic mass is 16.2. The number of anilines is 1. The van der Waals surface area contributed by atoms with E-state index in [2.05, 4.69) is 41.2 Å². The number of hydrogen-bond donors (Lipinski definition) is 0. The highest BCUT2D eigenvalue weighted by molar-refractivity contribution is 5.80. The molecule has 1 aliphatic heterocycles. The molecule has 1 fully saturated rings. The zero-order valence-electron chi connectivity index (χ0n) is 13.1. The quantitative estimate of drug-likeness (QED) is 0.871. The largest absolute Gasteiger partial charge is 0.368 e. The topological polar surface area (TPSA) is 41.4 Å². The molecule has 1 aromatic heterocycles. The molecule has 116 valence electrons. The Balaban J connectivity index is 1.61. The van der Waals surface area contributed by atoms with Crippen LogP contribution in [0.1, 0.15) is 18.5 Å². The van der Waals surface area contributed by atoms with Gasteiger partial charge in [-0.2, -0.15) is 5.10 Å². The minimum absolute atomic E-state index is 0.146. The summed E-state index contributed by atoms with van der Waals surface area (Å²) in [6, 6.07) is 10.1. The second-order valence-electron chi connectivity index (χ2n) is 5.81. The van der Waals surface area contributed by atoms with Crippen LogP contribution in [-0.4, -0.2) is 46.8 Å². The third-order valence-electron chi connectivity index (χ3n) is 4.24. The molecule has 0 N–H and O–H groups in total. The van der Waals surface area contributed by atoms with Crippen LogP contribution >= 0.6 is 0 Å². The van der Waals surface area contributed by atoms with Crippen LogP contribution in [0.25, 0.3) is 0 Å². The first-order chi connectivity index (χ1) is 10.6. The van der Waals surface area contributed by atoms with Gasteiger partial charge in [0, 0.05) is 44.3 Å². The highest BCUT2D eigenvalue weighted by Gasteiger charge is 2.26. The van der Waals surface area contributed by atoms with E-state index in [0.29, 0.717) is 0 Å². The number of carbonyl (C=O) groups excluding carboxylic acids is 1. The lowest BCUT2D eigenvalue weighted by Gasteiger charge is -2.37. The van der Waals surface area contributed by atoms with Crippen LogP contribution in [0, 0.1) is 6.92 Å². The molecular formula is C17H22N4O. The van der Waals surface area contributed by atoms with Crippen molar-refractivity contribution in [2.45, 2.75) is 19.9 Å². The SMILES string of the molecule is Cc1cccc(N2CCN(C(=O)C(C)n3cccn3)CC2)c1. The maximum atomic E-state index is 12.5. The first-order valence-electron chi connectivity index (χ1n) is 7.74. The van der Waals surface area contributed by atoms with Gasteiger partial charge in [0.05, 0.1) is 0 Å². The van der Waals surface area contributed by atoms with E-state index in [-0.39, 0.29) is 11.9 Å². The molecule has 0 bridgehead atoms. The van der Waals surface area contributed by atoms with Gasteiger partial charge in [0.2, 0.25) is 5.91 Å². The molecule has 2 aromatic rings. The average molecular weight is 298 g/mol. The summed E-state index contributed by atoms with van der Waals surface area (Å²) in [5, 5.41) is 4.16. The fraction of sp³-hybridized carbons (Fsp3) is 0.412. The Hall–Kier alpha value is -2.30. The van der Waals surface area contributed by atoms with Crippen molar-refractivity contribution >= 4 is 11.6 Å². The third kappa shape index (κ3) is 2.98. The number of aromatic nitrogens is 2. The molecular weight excluding hydrogens is 276 g/mol. The normalized spacial score (nSPS) is 16.6. The van der Waals surface area contributed by atoms with Crippen molar-refractivity contribution in [1.29, 1.82) is 0 Å². The predicted octanol–water partition coefficient (Wildman–Crippen LogP) is 2.10. The van der Waals surface area contributed by atoms with Crippen LogP contribution in [0.15, 0.2) is 42.7 Å². The summed E-state index contributed by atoms with van der Waals surface area (Å²) in [5.41, 5.74) is 2.51. The standard InChI is InChI=1S/C17H22N4O/c1-14-5-3-6-16(13-14)19-9-11-20(12-10-19)17(22)15(2)21-8-4-7-18-21/h3-8,13,15H,9-12H2,1-2H3. The first-order valence-corrected chi connectivity index (χ1v) is 7.74. The van der Waals surface area contributed by atoms with Crippen LogP contribution in [0.3, 0.4) is 0 Å². The van der Waals surface area contributed by atoms with Gasteiger partial charge in [-0.05, 0) is 37.6 Å². The van der Waals surface area contributed by atoms with Crippen LogP contribution in [0.5, 0.6) is 0 Å². The second-order valence-corrected chi connectivity index (χ2v) is 5.81. The van der Waals surface area contributed by atoms with Crippen LogP contribution in [-0.2, 0) is 4.79 Å². The van der Waals surface area contributed by atoms with Gasteiger partial charge in [0.1, 0.15) is 6.04 Å². The lowest BCUT2D eigenvalue weighted by Crippen LogP contribution is -2.50. The summed E-state index contributed by atoms with van der Waals surface area (Å²) in [6.07, 6.45) is 3.55. The second kappa shape index (κ2) is 6.22. The Kier molecular flexibility index (Phi) is 4.13. The van der Waals surface area contributed by atoms with Crippen LogP contribution in [0.4, 0.5) is 5.69 Å². The molecule has 1 aromatic carbocycles. The average Bonchev–Trinajstić information content (AvgIpc) is 3.08. The van der Waals surface area contributed by atoms with Crippen molar-refractivity contribution in [3.63, 3.8) is 0 Å². The zero-order chi connectivity index (χ0) is 15.5. The van der Waals surface area contributed by atoms with E-state index in [1.807, 2.05) is 24.1 Å². The Morgan fingerprint density at radius 2 is 1.95 bits per heavy atom. The van der Waals surface area contributed by atoms with Crippen LogP contribution in [0.2, 0.25) is 0 Å². The molecule has 22 heavy (non-hydrogen) atoms. The number of aryl methyl sites for hydroxylation is 1. The number of carbonyl (C=O) groups is 1. The number of amides is 1. The maximum absolute atomic E-state index is 12.5. The molecule has 0 spiro atoms. The predicted molar refractivity (Wildman–Crippen MR) is 86.9 cm³/mol. The maximum Gasteiger partial charge on any atom is 0.247 e. The lowest BCUT2D eigenvalue weighted by atomic mass is 10.2. The summed E-state index contributed by atoms with van der Waals surface area (Å²) in [4.78, 5) is 16.8. The van der Waals surface area contributed by atoms with Gasteiger partial charge in [-0.3, -0.25) is 9.48 Å². The van der Waals surface area contributed by atoms with Crippen molar-refractivity contribution in [2.24, 2.45) is 0 Å². The lowest BCUT2D eigenvalue weighted by molar-refractivity contribution is -0.134. The molecule has 1 atom stereocenters. The summed E-state index contributed by atoms with van der Waals surface area (Å²) in [7, 11) is 0. The molecule has 1 saturated heterocycles. The number of benzene rings is 1. The molecule has 2 heterocycles. The van der Waals surface area contributed by atoms with Gasteiger partial charge in [-0.1, -0.05) is 12.1 Å². The molecule has 0 saturated carbocycles. The number of rotatable bonds is 3. The summed E-state index contributed by atoms with van der Waals surface area (Å²) < 4.78 is 1.72. The van der Waals surface area contributed by atoms with E-state index >= 15 is 0 Å². The summed E-state index contributed by atoms with van der Waals surface area (Å²) in [6.45, 7) is 7.29. The van der Waals surface area contributed by atoms with E-state index in [9.17, 15) is 4.79 Å². The van der Waals surface area contributed by atoms with Crippen LogP contribution < -0.4 is 4.90 Å². The Labute approximate surface area is 131 Å². The van der Waals surface area contributed by atoms with Gasteiger partial charge in [0.15, 0.2) is 0 Å². The van der Waals surface area contributed by atoms with E-state index in [1.165, 1.54) is 11.3 Å². The Morgan fingerprint density at radius 3 is 2.59 bits per heavy atom. The smallest absolute Gasteiger partial charge is 0.247 e. The minimum atomic E-state index is -0.236. The zero-order valence-corrected chi connectivity index (χ0v) is 13.1. The molecule has 0 aliphatic carbocycles. The molecule has 5 heteroatoms. The van der Waals surface area contributed by atoms with E-state index in [4.69, 9.17) is 0 Å². The molecule has 5 nitrogen and oxygen atoms in total. The van der Waals surface area contributed by atoms with E-state index in [0.717, 1.165) is 26.2 Å². The van der Waals surface area contributed by atoms with Gasteiger partial charge in [-0.25, -0.2) is 0 Å². The van der Waals surface area contributed by atoms with Gasteiger partial charge in [0.25, 0.3) is 0 Å². The van der Waals surface area contributed by atoms with E-state index in [1.54, 1.807) is 10.9 Å². The van der Waals surface area contributed by atoms with Gasteiger partial charge in [-0.15, -0.1) is 0 Å². The summed E-state index contributed by atoms with van der Waals surface area (Å²) in [5.74, 6) is 0.146. The van der Waals surface area contributed by atoms with E-state index < -0.39 is 0 Å². The van der Waals surface area contributed by atoms with Gasteiger partial charge >= 0.3 is 0 Å². The van der Waals surface area contributed by atoms with Crippen molar-refractivity contribution in [3.05, 3.63) is 48.3 Å². The fourth-order valence-electron chi connectivity index (χ4n) is 2.90. The highest BCUT2D eigenvalue weighted by Crippen LogP contribution is 2.19. The van der Waals surface area contributed by atoms with Crippen molar-refractivity contribution < 1.29 is 4.79 Å². The third-order valence-corrected chi connectivity index (χ3v) is 4.24. The molecule has 1 aliphatic rings. The monoisotopic (exact) mass is 298 g/mol. The van der Waals surface area contributed by atoms with Crippen molar-refractivity contribution in [2.75, 3.05) is 31.1 Å². The first kappa shape index (κ1) is 14.6. The summed E-state index contributed by atoms with van der Waals surface area (Å²) >= 11 is 0. The van der Waals surface area contributed by atoms with Crippen molar-refractivity contribution in [3.8, 4) is 0 Å². The van der Waals surface area contributed by atoms with Crippen molar-refractivity contribution in [1.82, 2.24) is 14.7 Å². The molecule has 1 unspecified atom stereocenters. The minimum Gasteiger partial charge on any atom is -0.368 e. The number of nitrogens with zero attached hydrogens (tertiary/aromatic N) is 4. The number of hydrogen-bond acceptors (Lipinski definition) is 3. The Bertz CT molecular complexity index is 630. The molecule has 1 amide bonds. The van der Waals surface area contributed by atoms with Gasteiger partial charge < -0.3 is 9.80 Å². The Morgan fingerprint density at radius 1 is 1.18 bits per heavy atom. The molecule has 3 rings (SSSR count).